The number of halogens is 1. The van der Waals surface area contributed by atoms with Crippen LogP contribution in [0.2, 0.25) is 0 Å². The Morgan fingerprint density at radius 2 is 1.82 bits per heavy atom. The highest BCUT2D eigenvalue weighted by Gasteiger charge is 2.36. The third-order valence-electron chi connectivity index (χ3n) is 5.77. The maximum absolute atomic E-state index is 12.9. The van der Waals surface area contributed by atoms with E-state index >= 15 is 0 Å². The average Bonchev–Trinajstić information content (AvgIpc) is 3.08. The fourth-order valence-corrected chi connectivity index (χ4v) is 4.12. The van der Waals surface area contributed by atoms with Crippen molar-refractivity contribution in [3.63, 3.8) is 0 Å². The van der Waals surface area contributed by atoms with Crippen molar-refractivity contribution in [3.8, 4) is 0 Å². The summed E-state index contributed by atoms with van der Waals surface area (Å²) in [5.74, 6) is 0.437. The van der Waals surface area contributed by atoms with Gasteiger partial charge in [-0.2, -0.15) is 0 Å². The zero-order chi connectivity index (χ0) is 19.4. The van der Waals surface area contributed by atoms with E-state index in [2.05, 4.69) is 0 Å². The first-order valence-corrected chi connectivity index (χ1v) is 9.59. The van der Waals surface area contributed by atoms with Crippen molar-refractivity contribution in [2.24, 2.45) is 11.7 Å². The van der Waals surface area contributed by atoms with Crippen molar-refractivity contribution in [2.75, 3.05) is 25.1 Å². The summed E-state index contributed by atoms with van der Waals surface area (Å²) in [5, 5.41) is 7.46. The lowest BCUT2D eigenvalue weighted by atomic mass is 9.83. The molecule has 0 radical (unpaired) electrons. The van der Waals surface area contributed by atoms with Crippen molar-refractivity contribution < 1.29 is 14.3 Å². The molecule has 1 aromatic rings. The Kier molecular flexibility index (Phi) is 7.69. The van der Waals surface area contributed by atoms with E-state index < -0.39 is 0 Å². The molecule has 0 bridgehead atoms. The van der Waals surface area contributed by atoms with Gasteiger partial charge in [0.2, 0.25) is 0 Å². The molecule has 1 aliphatic heterocycles. The fraction of sp³-hybridized carbons (Fsp3) is 0.550. The van der Waals surface area contributed by atoms with Crippen LogP contribution in [-0.2, 0) is 9.53 Å². The second kappa shape index (κ2) is 9.78. The zero-order valence-corrected chi connectivity index (χ0v) is 17.0. The van der Waals surface area contributed by atoms with Gasteiger partial charge in [-0.25, -0.2) is 4.79 Å². The number of nitrogens with two attached hydrogens (primary N) is 1. The van der Waals surface area contributed by atoms with Crippen LogP contribution in [0.1, 0.15) is 44.1 Å². The van der Waals surface area contributed by atoms with Gasteiger partial charge in [0.15, 0.2) is 0 Å². The maximum Gasteiger partial charge on any atom is 0.324 e. The summed E-state index contributed by atoms with van der Waals surface area (Å²) in [6.07, 6.45) is 5.46. The number of anilines is 1. The molecular formula is C20H29ClN4O3. The largest absolute Gasteiger partial charge is 0.469 e. The maximum atomic E-state index is 12.9. The van der Waals surface area contributed by atoms with Gasteiger partial charge in [0.05, 0.1) is 7.11 Å². The number of hydrogen-bond acceptors (Lipinski definition) is 4. The van der Waals surface area contributed by atoms with E-state index in [9.17, 15) is 9.59 Å². The number of benzene rings is 1. The molecule has 3 rings (SSSR count). The van der Waals surface area contributed by atoms with Gasteiger partial charge < -0.3 is 15.4 Å². The minimum absolute atomic E-state index is 0. The second-order valence-corrected chi connectivity index (χ2v) is 7.38. The molecule has 1 aromatic carbocycles. The Bertz CT molecular complexity index is 702. The first-order valence-electron chi connectivity index (χ1n) is 9.59. The average molecular weight is 409 g/mol. The van der Waals surface area contributed by atoms with Gasteiger partial charge in [-0.1, -0.05) is 0 Å². The molecule has 2 aliphatic rings. The van der Waals surface area contributed by atoms with Crippen LogP contribution in [0, 0.1) is 11.3 Å². The number of amidine groups is 1. The number of nitrogens with one attached hydrogen (secondary N) is 1. The summed E-state index contributed by atoms with van der Waals surface area (Å²) in [6, 6.07) is 7.60. The van der Waals surface area contributed by atoms with Gasteiger partial charge in [0.1, 0.15) is 5.84 Å². The van der Waals surface area contributed by atoms with E-state index in [1.807, 2.05) is 17.0 Å². The molecule has 1 saturated carbocycles. The quantitative estimate of drug-likeness (QED) is 0.429. The monoisotopic (exact) mass is 408 g/mol. The molecule has 7 nitrogen and oxygen atoms in total. The van der Waals surface area contributed by atoms with Gasteiger partial charge in [0.25, 0.3) is 0 Å². The van der Waals surface area contributed by atoms with Crippen LogP contribution >= 0.6 is 12.4 Å². The molecule has 2 fully saturated rings. The number of methoxy groups -OCH3 is 1. The molecule has 0 spiro atoms. The van der Waals surface area contributed by atoms with E-state index in [0.717, 1.165) is 44.3 Å². The van der Waals surface area contributed by atoms with Crippen molar-refractivity contribution in [3.05, 3.63) is 29.8 Å². The number of esters is 1. The first kappa shape index (κ1) is 22.0. The van der Waals surface area contributed by atoms with Crippen LogP contribution in [0.15, 0.2) is 24.3 Å². The molecule has 0 aromatic heterocycles. The number of rotatable bonds is 6. The normalized spacial score (nSPS) is 22.0. The molecule has 1 aliphatic carbocycles. The van der Waals surface area contributed by atoms with E-state index in [1.54, 1.807) is 17.0 Å². The number of nitrogen functional groups attached to an aromatic ring is 1. The molecule has 3 N–H and O–H groups in total. The predicted octanol–water partition coefficient (Wildman–Crippen LogP) is 3.15. The summed E-state index contributed by atoms with van der Waals surface area (Å²) < 4.78 is 4.72. The number of amides is 2. The predicted molar refractivity (Wildman–Crippen MR) is 111 cm³/mol. The Morgan fingerprint density at radius 3 is 2.39 bits per heavy atom. The Morgan fingerprint density at radius 1 is 1.18 bits per heavy atom. The second-order valence-electron chi connectivity index (χ2n) is 7.38. The summed E-state index contributed by atoms with van der Waals surface area (Å²) >= 11 is 0. The molecule has 28 heavy (non-hydrogen) atoms. The highest BCUT2D eigenvalue weighted by molar-refractivity contribution is 5.97. The summed E-state index contributed by atoms with van der Waals surface area (Å²) in [6.45, 7) is 1.42. The lowest BCUT2D eigenvalue weighted by Crippen LogP contribution is -2.41. The van der Waals surface area contributed by atoms with E-state index in [-0.39, 0.29) is 36.3 Å². The Balaban J connectivity index is 0.00000280. The molecule has 2 amide bonds. The van der Waals surface area contributed by atoms with Gasteiger partial charge in [0, 0.05) is 36.8 Å². The third kappa shape index (κ3) is 4.95. The minimum Gasteiger partial charge on any atom is -0.469 e. The summed E-state index contributed by atoms with van der Waals surface area (Å²) in [5.41, 5.74) is 7.00. The van der Waals surface area contributed by atoms with Crippen molar-refractivity contribution in [2.45, 2.75) is 44.6 Å². The number of carbonyl (C=O) groups is 2. The Labute approximate surface area is 172 Å². The highest BCUT2D eigenvalue weighted by Crippen LogP contribution is 2.33. The standard InChI is InChI=1S/C20H28N4O3.ClH/c1-27-18(25)11-4-14-2-7-16(8-3-14)23-12-13-24(20(23)26)17-9-5-15(6-10-17)19(21)22;/h5-6,9-10,14,16H,2-4,7-8,11-13H2,1H3,(H3,21,22);1H/t14-,16-;. The van der Waals surface area contributed by atoms with Crippen LogP contribution in [0.3, 0.4) is 0 Å². The fourth-order valence-electron chi connectivity index (χ4n) is 4.12. The lowest BCUT2D eigenvalue weighted by molar-refractivity contribution is -0.141. The third-order valence-corrected chi connectivity index (χ3v) is 5.77. The highest BCUT2D eigenvalue weighted by atomic mass is 35.5. The molecule has 1 heterocycles. The molecule has 8 heteroatoms. The molecule has 154 valence electrons. The minimum atomic E-state index is -0.140. The van der Waals surface area contributed by atoms with Gasteiger partial charge in [-0.05, 0) is 62.3 Å². The van der Waals surface area contributed by atoms with E-state index in [1.165, 1.54) is 7.11 Å². The van der Waals surface area contributed by atoms with E-state index in [4.69, 9.17) is 15.9 Å². The van der Waals surface area contributed by atoms with Crippen LogP contribution in [0.4, 0.5) is 10.5 Å². The number of hydrogen-bond donors (Lipinski definition) is 2. The first-order chi connectivity index (χ1) is 13.0. The topological polar surface area (TPSA) is 99.7 Å². The summed E-state index contributed by atoms with van der Waals surface area (Å²) in [4.78, 5) is 28.0. The van der Waals surface area contributed by atoms with Crippen molar-refractivity contribution in [1.29, 1.82) is 5.41 Å². The lowest BCUT2D eigenvalue weighted by Gasteiger charge is -2.34. The number of carbonyl (C=O) groups excluding carboxylic acids is 2. The summed E-state index contributed by atoms with van der Waals surface area (Å²) in [7, 11) is 1.43. The number of nitrogens with zero attached hydrogens (tertiary/aromatic N) is 2. The van der Waals surface area contributed by atoms with Crippen LogP contribution in [-0.4, -0.2) is 49.0 Å². The van der Waals surface area contributed by atoms with Crippen LogP contribution < -0.4 is 10.6 Å². The van der Waals surface area contributed by atoms with Crippen molar-refractivity contribution >= 4 is 35.9 Å². The molecule has 0 unspecified atom stereocenters. The number of urea groups is 1. The van der Waals surface area contributed by atoms with E-state index in [0.29, 0.717) is 24.4 Å². The van der Waals surface area contributed by atoms with Gasteiger partial charge >= 0.3 is 12.0 Å². The van der Waals surface area contributed by atoms with Crippen LogP contribution in [0.5, 0.6) is 0 Å². The zero-order valence-electron chi connectivity index (χ0n) is 16.2. The van der Waals surface area contributed by atoms with Gasteiger partial charge in [-0.3, -0.25) is 15.1 Å². The molecule has 0 atom stereocenters. The van der Waals surface area contributed by atoms with Crippen molar-refractivity contribution in [1.82, 2.24) is 4.90 Å². The SMILES string of the molecule is COC(=O)CC[C@H]1CC[C@H](N2CCN(c3ccc(C(=N)N)cc3)C2=O)CC1.Cl. The Hall–Kier alpha value is -2.28. The smallest absolute Gasteiger partial charge is 0.324 e. The molecule has 1 saturated heterocycles. The van der Waals surface area contributed by atoms with Gasteiger partial charge in [-0.15, -0.1) is 12.4 Å². The van der Waals surface area contributed by atoms with Crippen LogP contribution in [0.25, 0.3) is 0 Å². The molecular weight excluding hydrogens is 380 g/mol. The number of ether oxygens (including phenoxy) is 1.